The van der Waals surface area contributed by atoms with Gasteiger partial charge in [0.2, 0.25) is 5.95 Å². The molecule has 0 amide bonds. The molecule has 0 bridgehead atoms. The van der Waals surface area contributed by atoms with Gasteiger partial charge in [-0.2, -0.15) is 0 Å². The molecule has 104 valence electrons. The summed E-state index contributed by atoms with van der Waals surface area (Å²) in [6.07, 6.45) is 4.57. The molecule has 1 aromatic heterocycles. The molecule has 1 rings (SSSR count). The maximum atomic E-state index is 4.61. The molecule has 0 spiro atoms. The molecule has 0 aromatic carbocycles. The maximum Gasteiger partial charge on any atom is 0.203 e. The van der Waals surface area contributed by atoms with E-state index >= 15 is 0 Å². The first kappa shape index (κ1) is 15.1. The van der Waals surface area contributed by atoms with Crippen LogP contribution in [0.4, 0.5) is 5.95 Å². The smallest absolute Gasteiger partial charge is 0.203 e. The van der Waals surface area contributed by atoms with Crippen LogP contribution in [0.15, 0.2) is 6.20 Å². The van der Waals surface area contributed by atoms with E-state index in [1.807, 2.05) is 0 Å². The summed E-state index contributed by atoms with van der Waals surface area (Å²) in [5.41, 5.74) is 1.09. The topological polar surface area (TPSA) is 29.9 Å². The van der Waals surface area contributed by atoms with Crippen molar-refractivity contribution in [3.63, 3.8) is 0 Å². The van der Waals surface area contributed by atoms with Gasteiger partial charge in [0.05, 0.1) is 5.69 Å². The number of nitrogens with one attached hydrogen (secondary N) is 1. The quantitative estimate of drug-likeness (QED) is 0.791. The molecule has 0 saturated carbocycles. The zero-order valence-corrected chi connectivity index (χ0v) is 12.8. The van der Waals surface area contributed by atoms with Crippen molar-refractivity contribution in [2.24, 2.45) is 11.8 Å². The molecule has 3 heteroatoms. The molecule has 3 nitrogen and oxygen atoms in total. The van der Waals surface area contributed by atoms with Crippen molar-refractivity contribution in [3.05, 3.63) is 11.9 Å². The molecular weight excluding hydrogens is 222 g/mol. The fourth-order valence-electron chi connectivity index (χ4n) is 2.51. The summed E-state index contributed by atoms with van der Waals surface area (Å²) >= 11 is 0. The second-order valence-corrected chi connectivity index (χ2v) is 5.76. The van der Waals surface area contributed by atoms with Crippen molar-refractivity contribution in [3.8, 4) is 0 Å². The van der Waals surface area contributed by atoms with Crippen LogP contribution in [0, 0.1) is 18.8 Å². The lowest BCUT2D eigenvalue weighted by Gasteiger charge is -2.23. The Morgan fingerprint density at radius 3 is 2.33 bits per heavy atom. The number of rotatable bonds is 7. The Bertz CT molecular complexity index is 351. The first-order chi connectivity index (χ1) is 8.47. The van der Waals surface area contributed by atoms with Crippen LogP contribution in [0.5, 0.6) is 0 Å². The van der Waals surface area contributed by atoms with Crippen molar-refractivity contribution in [2.45, 2.75) is 67.0 Å². The van der Waals surface area contributed by atoms with E-state index < -0.39 is 0 Å². The van der Waals surface area contributed by atoms with Crippen LogP contribution in [-0.2, 0) is 6.54 Å². The SMILES string of the molecule is CCC(CC)C(C)Nc1nc(C)cn1CC(C)C. The van der Waals surface area contributed by atoms with Gasteiger partial charge in [-0.1, -0.05) is 40.5 Å². The monoisotopic (exact) mass is 251 g/mol. The molecule has 0 fully saturated rings. The average molecular weight is 251 g/mol. The van der Waals surface area contributed by atoms with Crippen molar-refractivity contribution >= 4 is 5.95 Å². The zero-order chi connectivity index (χ0) is 13.7. The van der Waals surface area contributed by atoms with Gasteiger partial charge in [-0.25, -0.2) is 4.98 Å². The fraction of sp³-hybridized carbons (Fsp3) is 0.800. The number of imidazole rings is 1. The molecule has 1 heterocycles. The van der Waals surface area contributed by atoms with Crippen molar-refractivity contribution < 1.29 is 0 Å². The van der Waals surface area contributed by atoms with Gasteiger partial charge in [0, 0.05) is 18.8 Å². The van der Waals surface area contributed by atoms with Crippen LogP contribution in [0.2, 0.25) is 0 Å². The molecule has 1 N–H and O–H groups in total. The Morgan fingerprint density at radius 2 is 1.83 bits per heavy atom. The molecule has 1 aromatic rings. The zero-order valence-electron chi connectivity index (χ0n) is 12.8. The third-order valence-corrected chi connectivity index (χ3v) is 3.57. The number of nitrogens with zero attached hydrogens (tertiary/aromatic N) is 2. The second kappa shape index (κ2) is 6.81. The van der Waals surface area contributed by atoms with Crippen LogP contribution in [0.25, 0.3) is 0 Å². The lowest BCUT2D eigenvalue weighted by Crippen LogP contribution is -2.27. The van der Waals surface area contributed by atoms with Crippen LogP contribution in [-0.4, -0.2) is 15.6 Å². The van der Waals surface area contributed by atoms with E-state index in [9.17, 15) is 0 Å². The minimum atomic E-state index is 0.479. The highest BCUT2D eigenvalue weighted by Gasteiger charge is 2.16. The summed E-state index contributed by atoms with van der Waals surface area (Å²) in [5.74, 6) is 2.39. The number of hydrogen-bond donors (Lipinski definition) is 1. The number of anilines is 1. The number of aromatic nitrogens is 2. The molecule has 18 heavy (non-hydrogen) atoms. The van der Waals surface area contributed by atoms with Crippen LogP contribution >= 0.6 is 0 Å². The fourth-order valence-corrected chi connectivity index (χ4v) is 2.51. The number of hydrogen-bond acceptors (Lipinski definition) is 2. The van der Waals surface area contributed by atoms with Crippen molar-refractivity contribution in [1.29, 1.82) is 0 Å². The van der Waals surface area contributed by atoms with Gasteiger partial charge in [0.1, 0.15) is 0 Å². The third-order valence-electron chi connectivity index (χ3n) is 3.57. The van der Waals surface area contributed by atoms with E-state index in [-0.39, 0.29) is 0 Å². The number of aryl methyl sites for hydroxylation is 1. The van der Waals surface area contributed by atoms with Crippen molar-refractivity contribution in [1.82, 2.24) is 9.55 Å². The van der Waals surface area contributed by atoms with Gasteiger partial charge >= 0.3 is 0 Å². The maximum absolute atomic E-state index is 4.61. The van der Waals surface area contributed by atoms with Gasteiger partial charge in [-0.05, 0) is 25.7 Å². The van der Waals surface area contributed by atoms with E-state index in [2.05, 4.69) is 62.6 Å². The van der Waals surface area contributed by atoms with Crippen LogP contribution < -0.4 is 5.32 Å². The summed E-state index contributed by atoms with van der Waals surface area (Å²) in [7, 11) is 0. The first-order valence-corrected chi connectivity index (χ1v) is 7.28. The van der Waals surface area contributed by atoms with E-state index in [1.165, 1.54) is 12.8 Å². The first-order valence-electron chi connectivity index (χ1n) is 7.28. The molecule has 0 aliphatic carbocycles. The van der Waals surface area contributed by atoms with Gasteiger partial charge in [0.15, 0.2) is 0 Å². The summed E-state index contributed by atoms with van der Waals surface area (Å²) in [5, 5.41) is 3.59. The average Bonchev–Trinajstić information content (AvgIpc) is 2.59. The predicted octanol–water partition coefficient (Wildman–Crippen LogP) is 4.08. The summed E-state index contributed by atoms with van der Waals surface area (Å²) in [4.78, 5) is 4.61. The van der Waals surface area contributed by atoms with E-state index in [0.717, 1.165) is 24.1 Å². The Kier molecular flexibility index (Phi) is 5.70. The lowest BCUT2D eigenvalue weighted by atomic mass is 9.96. The third kappa shape index (κ3) is 4.04. The second-order valence-electron chi connectivity index (χ2n) is 5.76. The molecule has 0 aliphatic heterocycles. The Balaban J connectivity index is 2.76. The van der Waals surface area contributed by atoms with Gasteiger partial charge in [0.25, 0.3) is 0 Å². The predicted molar refractivity (Wildman–Crippen MR) is 79.0 cm³/mol. The molecular formula is C15H29N3. The Labute approximate surface area is 112 Å². The molecule has 0 aliphatic rings. The highest BCUT2D eigenvalue weighted by atomic mass is 15.2. The standard InChI is InChI=1S/C15H29N3/c1-7-14(8-2)13(6)17-15-16-12(5)10-18(15)9-11(3)4/h10-11,13-14H,7-9H2,1-6H3,(H,16,17). The minimum absolute atomic E-state index is 0.479. The molecule has 0 radical (unpaired) electrons. The Hall–Kier alpha value is -0.990. The van der Waals surface area contributed by atoms with Crippen LogP contribution in [0.1, 0.15) is 53.2 Å². The van der Waals surface area contributed by atoms with Crippen LogP contribution in [0.3, 0.4) is 0 Å². The summed E-state index contributed by atoms with van der Waals surface area (Å²) < 4.78 is 2.25. The van der Waals surface area contributed by atoms with E-state index in [1.54, 1.807) is 0 Å². The summed E-state index contributed by atoms with van der Waals surface area (Å²) in [6, 6.07) is 0.479. The van der Waals surface area contributed by atoms with E-state index in [0.29, 0.717) is 12.0 Å². The largest absolute Gasteiger partial charge is 0.353 e. The molecule has 0 saturated heterocycles. The normalized spacial score (nSPS) is 13.3. The highest BCUT2D eigenvalue weighted by Crippen LogP contribution is 2.18. The van der Waals surface area contributed by atoms with Gasteiger partial charge in [-0.15, -0.1) is 0 Å². The molecule has 1 atom stereocenters. The Morgan fingerprint density at radius 1 is 1.22 bits per heavy atom. The van der Waals surface area contributed by atoms with Gasteiger partial charge < -0.3 is 9.88 Å². The minimum Gasteiger partial charge on any atom is -0.353 e. The van der Waals surface area contributed by atoms with Crippen molar-refractivity contribution in [2.75, 3.05) is 5.32 Å². The highest BCUT2D eigenvalue weighted by molar-refractivity contribution is 5.30. The lowest BCUT2D eigenvalue weighted by molar-refractivity contribution is 0.432. The molecule has 1 unspecified atom stereocenters. The van der Waals surface area contributed by atoms with Gasteiger partial charge in [-0.3, -0.25) is 0 Å². The van der Waals surface area contributed by atoms with E-state index in [4.69, 9.17) is 0 Å². The summed E-state index contributed by atoms with van der Waals surface area (Å²) in [6.45, 7) is 14.4.